The minimum Gasteiger partial charge on any atom is -0.358 e. The molecule has 1 heterocycles. The number of benzene rings is 1. The molecule has 0 radical (unpaired) electrons. The van der Waals surface area contributed by atoms with Gasteiger partial charge in [0.05, 0.1) is 6.54 Å². The van der Waals surface area contributed by atoms with E-state index in [9.17, 15) is 4.79 Å². The van der Waals surface area contributed by atoms with Crippen molar-refractivity contribution in [1.29, 1.82) is 0 Å². The fourth-order valence-corrected chi connectivity index (χ4v) is 3.15. The first-order chi connectivity index (χ1) is 10.2. The molecule has 1 aromatic carbocycles. The van der Waals surface area contributed by atoms with Gasteiger partial charge in [0.25, 0.3) is 0 Å². The molecule has 0 aliphatic rings. The Bertz CT molecular complexity index is 565. The van der Waals surface area contributed by atoms with E-state index < -0.39 is 0 Å². The van der Waals surface area contributed by atoms with Gasteiger partial charge in [-0.25, -0.2) is 0 Å². The first-order valence-corrected chi connectivity index (χ1v) is 8.01. The van der Waals surface area contributed by atoms with Gasteiger partial charge in [-0.3, -0.25) is 9.69 Å². The summed E-state index contributed by atoms with van der Waals surface area (Å²) in [5, 5.41) is 2.71. The number of carbonyl (C=O) groups is 1. The van der Waals surface area contributed by atoms with Gasteiger partial charge in [0.2, 0.25) is 5.91 Å². The van der Waals surface area contributed by atoms with Gasteiger partial charge < -0.3 is 5.32 Å². The first-order valence-electron chi connectivity index (χ1n) is 7.19. The first kappa shape index (κ1) is 15.7. The van der Waals surface area contributed by atoms with E-state index in [1.54, 1.807) is 18.4 Å². The molecule has 1 aromatic heterocycles. The summed E-state index contributed by atoms with van der Waals surface area (Å²) in [6.45, 7) is 4.27. The van der Waals surface area contributed by atoms with Crippen molar-refractivity contribution in [2.45, 2.75) is 19.9 Å². The molecule has 1 N–H and O–H groups in total. The molecule has 0 spiro atoms. The SMILES string of the molecule is CNC(=O)CN(CCc1ccccc1)Cc1ccc(C)s1. The molecule has 2 aromatic rings. The number of carbonyl (C=O) groups excluding carboxylic acids is 1. The maximum atomic E-state index is 11.7. The van der Waals surface area contributed by atoms with E-state index in [0.717, 1.165) is 19.5 Å². The van der Waals surface area contributed by atoms with Crippen LogP contribution in [0.1, 0.15) is 15.3 Å². The standard InChI is InChI=1S/C17H22N2OS/c1-14-8-9-16(21-14)12-19(13-17(20)18-2)11-10-15-6-4-3-5-7-15/h3-9H,10-13H2,1-2H3,(H,18,20). The second-order valence-corrected chi connectivity index (χ2v) is 6.50. The zero-order valence-electron chi connectivity index (χ0n) is 12.6. The van der Waals surface area contributed by atoms with Crippen LogP contribution in [0, 0.1) is 6.92 Å². The Hall–Kier alpha value is -1.65. The molecule has 21 heavy (non-hydrogen) atoms. The van der Waals surface area contributed by atoms with Crippen LogP contribution in [0.5, 0.6) is 0 Å². The van der Waals surface area contributed by atoms with Crippen molar-refractivity contribution in [1.82, 2.24) is 10.2 Å². The Morgan fingerprint density at radius 3 is 2.57 bits per heavy atom. The minimum atomic E-state index is 0.0661. The molecule has 0 saturated carbocycles. The molecule has 1 amide bonds. The van der Waals surface area contributed by atoms with Gasteiger partial charge in [0, 0.05) is 29.9 Å². The van der Waals surface area contributed by atoms with Crippen molar-refractivity contribution in [2.24, 2.45) is 0 Å². The Kier molecular flexibility index (Phi) is 5.96. The van der Waals surface area contributed by atoms with Gasteiger partial charge >= 0.3 is 0 Å². The van der Waals surface area contributed by atoms with Gasteiger partial charge in [-0.15, -0.1) is 11.3 Å². The molecule has 3 nitrogen and oxygen atoms in total. The van der Waals surface area contributed by atoms with Gasteiger partial charge in [0.1, 0.15) is 0 Å². The third-order valence-electron chi connectivity index (χ3n) is 3.38. The van der Waals surface area contributed by atoms with Crippen molar-refractivity contribution >= 4 is 17.2 Å². The number of aryl methyl sites for hydroxylation is 1. The summed E-state index contributed by atoms with van der Waals surface area (Å²) < 4.78 is 0. The predicted molar refractivity (Wildman–Crippen MR) is 88.5 cm³/mol. The molecule has 112 valence electrons. The van der Waals surface area contributed by atoms with Crippen LogP contribution >= 0.6 is 11.3 Å². The van der Waals surface area contributed by atoms with Gasteiger partial charge in [0.15, 0.2) is 0 Å². The van der Waals surface area contributed by atoms with Crippen LogP contribution in [-0.4, -0.2) is 30.9 Å². The van der Waals surface area contributed by atoms with E-state index in [0.29, 0.717) is 6.54 Å². The highest BCUT2D eigenvalue weighted by Crippen LogP contribution is 2.17. The number of amides is 1. The minimum absolute atomic E-state index is 0.0661. The number of nitrogens with zero attached hydrogens (tertiary/aromatic N) is 1. The average Bonchev–Trinajstić information content (AvgIpc) is 2.91. The lowest BCUT2D eigenvalue weighted by molar-refractivity contribution is -0.121. The molecule has 0 aliphatic heterocycles. The molecule has 0 atom stereocenters. The van der Waals surface area contributed by atoms with Crippen molar-refractivity contribution in [3.05, 3.63) is 57.8 Å². The second kappa shape index (κ2) is 7.96. The highest BCUT2D eigenvalue weighted by molar-refractivity contribution is 7.11. The van der Waals surface area contributed by atoms with E-state index >= 15 is 0 Å². The largest absolute Gasteiger partial charge is 0.358 e. The monoisotopic (exact) mass is 302 g/mol. The van der Waals surface area contributed by atoms with Crippen LogP contribution in [0.25, 0.3) is 0 Å². The van der Waals surface area contributed by atoms with E-state index in [1.807, 2.05) is 6.07 Å². The van der Waals surface area contributed by atoms with E-state index in [2.05, 4.69) is 53.5 Å². The molecular formula is C17H22N2OS. The third-order valence-corrected chi connectivity index (χ3v) is 4.37. The smallest absolute Gasteiger partial charge is 0.233 e. The summed E-state index contributed by atoms with van der Waals surface area (Å²) in [5.41, 5.74) is 1.31. The number of likely N-dealkylation sites (N-methyl/N-ethyl adjacent to an activating group) is 1. The summed E-state index contributed by atoms with van der Waals surface area (Å²) in [6, 6.07) is 14.7. The zero-order chi connectivity index (χ0) is 15.1. The van der Waals surface area contributed by atoms with E-state index in [-0.39, 0.29) is 5.91 Å². The summed E-state index contributed by atoms with van der Waals surface area (Å²) in [6.07, 6.45) is 0.961. The molecule has 0 saturated heterocycles. The van der Waals surface area contributed by atoms with Gasteiger partial charge in [-0.05, 0) is 31.0 Å². The summed E-state index contributed by atoms with van der Waals surface area (Å²) in [5.74, 6) is 0.0661. The summed E-state index contributed by atoms with van der Waals surface area (Å²) in [7, 11) is 1.69. The Morgan fingerprint density at radius 2 is 1.95 bits per heavy atom. The van der Waals surface area contributed by atoms with Gasteiger partial charge in [-0.2, -0.15) is 0 Å². The average molecular weight is 302 g/mol. The zero-order valence-corrected chi connectivity index (χ0v) is 13.5. The molecule has 4 heteroatoms. The van der Waals surface area contributed by atoms with Crippen LogP contribution in [0.4, 0.5) is 0 Å². The summed E-state index contributed by atoms with van der Waals surface area (Å²) >= 11 is 1.80. The van der Waals surface area contributed by atoms with Crippen molar-refractivity contribution in [2.75, 3.05) is 20.1 Å². The van der Waals surface area contributed by atoms with Crippen LogP contribution < -0.4 is 5.32 Å². The van der Waals surface area contributed by atoms with E-state index in [1.165, 1.54) is 15.3 Å². The molecule has 0 unspecified atom stereocenters. The molecule has 0 bridgehead atoms. The Balaban J connectivity index is 1.96. The lowest BCUT2D eigenvalue weighted by Crippen LogP contribution is -2.36. The third kappa shape index (κ3) is 5.33. The van der Waals surface area contributed by atoms with Crippen molar-refractivity contribution < 1.29 is 4.79 Å². The van der Waals surface area contributed by atoms with Crippen LogP contribution in [-0.2, 0) is 17.8 Å². The fraction of sp³-hybridized carbons (Fsp3) is 0.353. The number of hydrogen-bond donors (Lipinski definition) is 1. The highest BCUT2D eigenvalue weighted by atomic mass is 32.1. The molecule has 2 rings (SSSR count). The maximum Gasteiger partial charge on any atom is 0.233 e. The van der Waals surface area contributed by atoms with Crippen molar-refractivity contribution in [3.8, 4) is 0 Å². The fourth-order valence-electron chi connectivity index (χ4n) is 2.22. The molecule has 0 fully saturated rings. The van der Waals surface area contributed by atoms with Crippen LogP contribution in [0.15, 0.2) is 42.5 Å². The number of hydrogen-bond acceptors (Lipinski definition) is 3. The Labute approximate surface area is 130 Å². The van der Waals surface area contributed by atoms with Crippen molar-refractivity contribution in [3.63, 3.8) is 0 Å². The predicted octanol–water partition coefficient (Wildman–Crippen LogP) is 2.85. The van der Waals surface area contributed by atoms with Crippen LogP contribution in [0.3, 0.4) is 0 Å². The quantitative estimate of drug-likeness (QED) is 0.853. The lowest BCUT2D eigenvalue weighted by Gasteiger charge is -2.20. The van der Waals surface area contributed by atoms with Crippen LogP contribution in [0.2, 0.25) is 0 Å². The molecule has 0 aliphatic carbocycles. The number of rotatable bonds is 7. The van der Waals surface area contributed by atoms with Gasteiger partial charge in [-0.1, -0.05) is 30.3 Å². The Morgan fingerprint density at radius 1 is 1.19 bits per heavy atom. The number of nitrogens with one attached hydrogen (secondary N) is 1. The second-order valence-electron chi connectivity index (χ2n) is 5.13. The normalized spacial score (nSPS) is 10.8. The lowest BCUT2D eigenvalue weighted by atomic mass is 10.1. The topological polar surface area (TPSA) is 32.3 Å². The highest BCUT2D eigenvalue weighted by Gasteiger charge is 2.11. The summed E-state index contributed by atoms with van der Waals surface area (Å²) in [4.78, 5) is 16.5. The number of thiophene rings is 1. The van der Waals surface area contributed by atoms with E-state index in [4.69, 9.17) is 0 Å². The molecular weight excluding hydrogens is 280 g/mol. The maximum absolute atomic E-state index is 11.7.